The predicted molar refractivity (Wildman–Crippen MR) is 68.2 cm³/mol. The van der Waals surface area contributed by atoms with Gasteiger partial charge < -0.3 is 4.74 Å². The highest BCUT2D eigenvalue weighted by molar-refractivity contribution is 5.22. The number of nitriles is 1. The van der Waals surface area contributed by atoms with E-state index in [2.05, 4.69) is 16.0 Å². The van der Waals surface area contributed by atoms with E-state index in [-0.39, 0.29) is 0 Å². The second-order valence-corrected chi connectivity index (χ2v) is 5.38. The second-order valence-electron chi connectivity index (χ2n) is 5.38. The molecule has 1 aromatic rings. The van der Waals surface area contributed by atoms with Gasteiger partial charge in [-0.25, -0.2) is 9.97 Å². The fraction of sp³-hybridized carbons (Fsp3) is 0.643. The molecule has 0 aromatic carbocycles. The Morgan fingerprint density at radius 3 is 2.61 bits per heavy atom. The summed E-state index contributed by atoms with van der Waals surface area (Å²) >= 11 is 0. The molecule has 1 aliphatic rings. The maximum Gasteiger partial charge on any atom is 0.148 e. The zero-order valence-corrected chi connectivity index (χ0v) is 11.2. The van der Waals surface area contributed by atoms with E-state index < -0.39 is 5.41 Å². The molecule has 1 aliphatic heterocycles. The first-order valence-electron chi connectivity index (χ1n) is 6.38. The van der Waals surface area contributed by atoms with Crippen LogP contribution in [0.2, 0.25) is 0 Å². The maximum absolute atomic E-state index is 9.19. The quantitative estimate of drug-likeness (QED) is 0.803. The van der Waals surface area contributed by atoms with E-state index in [0.29, 0.717) is 11.7 Å². The molecule has 18 heavy (non-hydrogen) atoms. The van der Waals surface area contributed by atoms with Crippen molar-refractivity contribution in [1.82, 2.24) is 9.97 Å². The molecule has 0 bridgehead atoms. The molecular formula is C14H19N3O. The van der Waals surface area contributed by atoms with Crippen molar-refractivity contribution in [2.24, 2.45) is 0 Å². The molecule has 0 radical (unpaired) electrons. The lowest BCUT2D eigenvalue weighted by atomic mass is 9.92. The molecule has 2 rings (SSSR count). The van der Waals surface area contributed by atoms with E-state index in [1.165, 1.54) is 0 Å². The Balaban J connectivity index is 2.35. The van der Waals surface area contributed by atoms with Crippen molar-refractivity contribution in [2.45, 2.75) is 44.9 Å². The van der Waals surface area contributed by atoms with E-state index >= 15 is 0 Å². The summed E-state index contributed by atoms with van der Waals surface area (Å²) in [5.41, 5.74) is 1.36. The number of hydrogen-bond donors (Lipinski definition) is 0. The maximum atomic E-state index is 9.19. The van der Waals surface area contributed by atoms with Crippen molar-refractivity contribution in [1.29, 1.82) is 5.26 Å². The van der Waals surface area contributed by atoms with Gasteiger partial charge in [-0.1, -0.05) is 0 Å². The Morgan fingerprint density at radius 1 is 1.33 bits per heavy atom. The molecule has 0 amide bonds. The normalized spacial score (nSPS) is 17.4. The van der Waals surface area contributed by atoms with Crippen LogP contribution in [0.1, 0.15) is 49.8 Å². The molecule has 0 aliphatic carbocycles. The molecule has 0 unspecified atom stereocenters. The Morgan fingerprint density at radius 2 is 2.00 bits per heavy atom. The fourth-order valence-electron chi connectivity index (χ4n) is 2.12. The van der Waals surface area contributed by atoms with Gasteiger partial charge in [0, 0.05) is 30.5 Å². The molecule has 2 heterocycles. The van der Waals surface area contributed by atoms with Crippen molar-refractivity contribution >= 4 is 0 Å². The van der Waals surface area contributed by atoms with E-state index in [9.17, 15) is 5.26 Å². The lowest BCUT2D eigenvalue weighted by Crippen LogP contribution is -2.22. The minimum absolute atomic E-state index is 0.439. The van der Waals surface area contributed by atoms with Crippen LogP contribution in [-0.4, -0.2) is 23.2 Å². The summed E-state index contributed by atoms with van der Waals surface area (Å²) < 4.78 is 5.37. The monoisotopic (exact) mass is 245 g/mol. The standard InChI is InChI=1S/C14H19N3O/c1-10-8-12(11-4-6-18-7-5-11)17-13(16-10)14(2,3)9-15/h8,11H,4-7H2,1-3H3. The smallest absolute Gasteiger partial charge is 0.148 e. The van der Waals surface area contributed by atoms with Crippen molar-refractivity contribution in [2.75, 3.05) is 13.2 Å². The minimum Gasteiger partial charge on any atom is -0.381 e. The van der Waals surface area contributed by atoms with Gasteiger partial charge in [-0.3, -0.25) is 0 Å². The highest BCUT2D eigenvalue weighted by atomic mass is 16.5. The summed E-state index contributed by atoms with van der Waals surface area (Å²) in [5, 5.41) is 9.19. The molecule has 0 spiro atoms. The number of ether oxygens (including phenoxy) is 1. The SMILES string of the molecule is Cc1cc(C2CCOCC2)nc(C(C)(C)C#N)n1. The van der Waals surface area contributed by atoms with Gasteiger partial charge in [-0.15, -0.1) is 0 Å². The van der Waals surface area contributed by atoms with Gasteiger partial charge in [0.25, 0.3) is 0 Å². The zero-order valence-electron chi connectivity index (χ0n) is 11.2. The Hall–Kier alpha value is -1.47. The van der Waals surface area contributed by atoms with Gasteiger partial charge in [0.15, 0.2) is 0 Å². The summed E-state index contributed by atoms with van der Waals surface area (Å²) in [5.74, 6) is 1.07. The van der Waals surface area contributed by atoms with Crippen LogP contribution in [0.15, 0.2) is 6.07 Å². The number of nitrogens with zero attached hydrogens (tertiary/aromatic N) is 3. The summed E-state index contributed by atoms with van der Waals surface area (Å²) in [6, 6.07) is 4.30. The highest BCUT2D eigenvalue weighted by Crippen LogP contribution is 2.27. The van der Waals surface area contributed by atoms with Crippen LogP contribution in [0.5, 0.6) is 0 Å². The van der Waals surface area contributed by atoms with Crippen molar-refractivity contribution < 1.29 is 4.74 Å². The highest BCUT2D eigenvalue weighted by Gasteiger charge is 2.26. The van der Waals surface area contributed by atoms with Crippen LogP contribution in [0.3, 0.4) is 0 Å². The largest absolute Gasteiger partial charge is 0.381 e. The van der Waals surface area contributed by atoms with Crippen LogP contribution in [-0.2, 0) is 10.2 Å². The Bertz CT molecular complexity index is 470. The van der Waals surface area contributed by atoms with Crippen LogP contribution in [0, 0.1) is 18.3 Å². The van der Waals surface area contributed by atoms with E-state index in [1.807, 2.05) is 26.8 Å². The van der Waals surface area contributed by atoms with Gasteiger partial charge in [0.05, 0.1) is 6.07 Å². The first kappa shape index (κ1) is 13.0. The third-order valence-corrected chi connectivity index (χ3v) is 3.35. The van der Waals surface area contributed by atoms with Crippen LogP contribution in [0.25, 0.3) is 0 Å². The third-order valence-electron chi connectivity index (χ3n) is 3.35. The van der Waals surface area contributed by atoms with Gasteiger partial charge >= 0.3 is 0 Å². The van der Waals surface area contributed by atoms with Crippen molar-refractivity contribution in [3.63, 3.8) is 0 Å². The van der Waals surface area contributed by atoms with Crippen molar-refractivity contribution in [3.05, 3.63) is 23.3 Å². The molecule has 4 heteroatoms. The lowest BCUT2D eigenvalue weighted by molar-refractivity contribution is 0.0844. The van der Waals surface area contributed by atoms with E-state index in [0.717, 1.165) is 37.4 Å². The minimum atomic E-state index is -0.633. The first-order valence-corrected chi connectivity index (χ1v) is 6.38. The van der Waals surface area contributed by atoms with E-state index in [4.69, 9.17) is 4.74 Å². The molecular weight excluding hydrogens is 226 g/mol. The lowest BCUT2D eigenvalue weighted by Gasteiger charge is -2.23. The third kappa shape index (κ3) is 2.68. The zero-order chi connectivity index (χ0) is 13.2. The van der Waals surface area contributed by atoms with Crippen LogP contribution >= 0.6 is 0 Å². The summed E-state index contributed by atoms with van der Waals surface area (Å²) in [7, 11) is 0. The molecule has 1 saturated heterocycles. The Labute approximate surface area is 108 Å². The fourth-order valence-corrected chi connectivity index (χ4v) is 2.12. The first-order chi connectivity index (χ1) is 8.53. The molecule has 4 nitrogen and oxygen atoms in total. The second kappa shape index (κ2) is 5.03. The molecule has 0 saturated carbocycles. The molecule has 0 N–H and O–H groups in total. The average Bonchev–Trinajstić information content (AvgIpc) is 2.39. The number of hydrogen-bond acceptors (Lipinski definition) is 4. The average molecular weight is 245 g/mol. The Kier molecular flexibility index (Phi) is 3.63. The molecule has 1 aromatic heterocycles. The van der Waals surface area contributed by atoms with Crippen LogP contribution < -0.4 is 0 Å². The topological polar surface area (TPSA) is 58.8 Å². The van der Waals surface area contributed by atoms with Gasteiger partial charge in [0.2, 0.25) is 0 Å². The predicted octanol–water partition coefficient (Wildman–Crippen LogP) is 2.48. The van der Waals surface area contributed by atoms with Gasteiger partial charge in [-0.2, -0.15) is 5.26 Å². The van der Waals surface area contributed by atoms with Crippen molar-refractivity contribution in [3.8, 4) is 6.07 Å². The summed E-state index contributed by atoms with van der Waals surface area (Å²) in [6.07, 6.45) is 2.01. The number of aryl methyl sites for hydroxylation is 1. The summed E-state index contributed by atoms with van der Waals surface area (Å²) in [4.78, 5) is 9.02. The molecule has 1 fully saturated rings. The number of aromatic nitrogens is 2. The van der Waals surface area contributed by atoms with Gasteiger partial charge in [0.1, 0.15) is 11.2 Å². The summed E-state index contributed by atoms with van der Waals surface area (Å²) in [6.45, 7) is 7.27. The van der Waals surface area contributed by atoms with E-state index in [1.54, 1.807) is 0 Å². The van der Waals surface area contributed by atoms with Crippen LogP contribution in [0.4, 0.5) is 0 Å². The molecule has 0 atom stereocenters. The van der Waals surface area contributed by atoms with Gasteiger partial charge in [-0.05, 0) is 39.7 Å². The number of rotatable bonds is 2. The molecule has 96 valence electrons.